The lowest BCUT2D eigenvalue weighted by Gasteiger charge is -2.35. The minimum atomic E-state index is 0.177. The van der Waals surface area contributed by atoms with Gasteiger partial charge in [0.15, 0.2) is 0 Å². The number of benzene rings is 1. The summed E-state index contributed by atoms with van der Waals surface area (Å²) in [4.78, 5) is 17.3. The Kier molecular flexibility index (Phi) is 5.79. The Morgan fingerprint density at radius 1 is 1.32 bits per heavy atom. The Bertz CT molecular complexity index is 628. The smallest absolute Gasteiger partial charge is 0.227 e. The molecule has 0 radical (unpaired) electrons. The summed E-state index contributed by atoms with van der Waals surface area (Å²) in [5, 5.41) is 0. The minimum absolute atomic E-state index is 0.177. The van der Waals surface area contributed by atoms with E-state index in [1.165, 1.54) is 11.1 Å². The Labute approximate surface area is 151 Å². The number of carbonyl (C=O) groups excluding carboxylic acids is 1. The predicted molar refractivity (Wildman–Crippen MR) is 101 cm³/mol. The van der Waals surface area contributed by atoms with E-state index in [2.05, 4.69) is 41.5 Å². The zero-order chi connectivity index (χ0) is 17.8. The molecule has 3 saturated heterocycles. The highest BCUT2D eigenvalue weighted by molar-refractivity contribution is 5.80. The molecule has 0 N–H and O–H groups in total. The molecule has 3 aliphatic heterocycles. The summed E-state index contributed by atoms with van der Waals surface area (Å²) in [5.74, 6) is 1.47. The van der Waals surface area contributed by atoms with Gasteiger partial charge in [-0.25, -0.2) is 0 Å². The van der Waals surface area contributed by atoms with Crippen molar-refractivity contribution in [3.8, 4) is 5.75 Å². The van der Waals surface area contributed by atoms with Crippen LogP contribution in [0.3, 0.4) is 0 Å². The number of allylic oxidation sites excluding steroid dienone is 1. The highest BCUT2D eigenvalue weighted by Crippen LogP contribution is 2.30. The van der Waals surface area contributed by atoms with Gasteiger partial charge in [-0.1, -0.05) is 25.1 Å². The number of amides is 1. The van der Waals surface area contributed by atoms with Crippen LogP contribution >= 0.6 is 0 Å². The van der Waals surface area contributed by atoms with E-state index in [4.69, 9.17) is 4.74 Å². The van der Waals surface area contributed by atoms with Crippen LogP contribution in [0.5, 0.6) is 5.75 Å². The van der Waals surface area contributed by atoms with Crippen LogP contribution in [-0.2, 0) is 17.8 Å². The van der Waals surface area contributed by atoms with Crippen LogP contribution in [0, 0.1) is 5.92 Å². The van der Waals surface area contributed by atoms with Crippen molar-refractivity contribution in [2.75, 3.05) is 26.7 Å². The van der Waals surface area contributed by atoms with E-state index in [0.717, 1.165) is 57.6 Å². The highest BCUT2D eigenvalue weighted by Gasteiger charge is 2.39. The first-order chi connectivity index (χ1) is 12.2. The van der Waals surface area contributed by atoms with Crippen molar-refractivity contribution in [2.24, 2.45) is 5.92 Å². The van der Waals surface area contributed by atoms with Crippen molar-refractivity contribution < 1.29 is 9.53 Å². The Balaban J connectivity index is 1.74. The van der Waals surface area contributed by atoms with Gasteiger partial charge in [0.25, 0.3) is 0 Å². The van der Waals surface area contributed by atoms with Crippen LogP contribution in [0.1, 0.15) is 37.3 Å². The van der Waals surface area contributed by atoms with Crippen LogP contribution in [0.25, 0.3) is 0 Å². The van der Waals surface area contributed by atoms with Crippen LogP contribution in [0.15, 0.2) is 30.9 Å². The molecule has 4 nitrogen and oxygen atoms in total. The number of ether oxygens (including phenoxy) is 1. The predicted octanol–water partition coefficient (Wildman–Crippen LogP) is 3.26. The van der Waals surface area contributed by atoms with E-state index in [1.54, 1.807) is 7.11 Å². The van der Waals surface area contributed by atoms with Crippen LogP contribution < -0.4 is 4.74 Å². The van der Waals surface area contributed by atoms with Gasteiger partial charge < -0.3 is 9.64 Å². The summed E-state index contributed by atoms with van der Waals surface area (Å²) >= 11 is 0. The van der Waals surface area contributed by atoms with E-state index < -0.39 is 0 Å². The van der Waals surface area contributed by atoms with Crippen molar-refractivity contribution in [1.82, 2.24) is 9.80 Å². The van der Waals surface area contributed by atoms with Crippen molar-refractivity contribution in [3.05, 3.63) is 42.0 Å². The van der Waals surface area contributed by atoms with Gasteiger partial charge in [-0.05, 0) is 42.9 Å². The molecule has 136 valence electrons. The van der Waals surface area contributed by atoms with Crippen molar-refractivity contribution in [1.29, 1.82) is 0 Å². The molecule has 0 aromatic heterocycles. The number of methoxy groups -OCH3 is 1. The zero-order valence-corrected chi connectivity index (χ0v) is 15.5. The summed E-state index contributed by atoms with van der Waals surface area (Å²) in [6.07, 6.45) is 5.96. The van der Waals surface area contributed by atoms with Crippen LogP contribution in [0.2, 0.25) is 0 Å². The number of hydrogen-bond acceptors (Lipinski definition) is 3. The number of fused-ring (bicyclic) bond motifs is 4. The summed E-state index contributed by atoms with van der Waals surface area (Å²) < 4.78 is 5.45. The second-order valence-electron chi connectivity index (χ2n) is 7.29. The van der Waals surface area contributed by atoms with Crippen molar-refractivity contribution in [3.63, 3.8) is 0 Å². The highest BCUT2D eigenvalue weighted by atomic mass is 16.5. The summed E-state index contributed by atoms with van der Waals surface area (Å²) in [5.41, 5.74) is 2.46. The number of rotatable bonds is 7. The molecular formula is C21H30N2O2. The third-order valence-corrected chi connectivity index (χ3v) is 5.45. The molecule has 3 fully saturated rings. The lowest BCUT2D eigenvalue weighted by molar-refractivity contribution is -0.139. The number of nitrogens with zero attached hydrogens (tertiary/aromatic N) is 2. The van der Waals surface area contributed by atoms with Gasteiger partial charge in [-0.3, -0.25) is 9.69 Å². The molecule has 0 spiro atoms. The van der Waals surface area contributed by atoms with Gasteiger partial charge in [-0.2, -0.15) is 0 Å². The minimum Gasteiger partial charge on any atom is -0.496 e. The summed E-state index contributed by atoms with van der Waals surface area (Å²) in [7, 11) is 1.71. The zero-order valence-electron chi connectivity index (χ0n) is 15.5. The van der Waals surface area contributed by atoms with Gasteiger partial charge in [0.1, 0.15) is 5.75 Å². The largest absolute Gasteiger partial charge is 0.496 e. The standard InChI is InChI=1S/C21H30N2O2/c1-4-6-17-12-16(7-10-20(17)25-3)13-22-14-18-8-9-19(15-22)23(11-5-2)21(18)24/h4,7,10,12,18-19H,1,5-6,8-9,11,13-15H2,2-3H3/t18-,19+/m1/s1. The molecule has 1 amide bonds. The molecular weight excluding hydrogens is 312 g/mol. The molecule has 0 saturated carbocycles. The molecule has 4 heteroatoms. The molecule has 25 heavy (non-hydrogen) atoms. The average molecular weight is 342 g/mol. The fourth-order valence-electron chi connectivity index (χ4n) is 4.30. The van der Waals surface area contributed by atoms with E-state index in [-0.39, 0.29) is 5.92 Å². The topological polar surface area (TPSA) is 32.8 Å². The first kappa shape index (κ1) is 18.0. The quantitative estimate of drug-likeness (QED) is 0.713. The molecule has 1 aromatic rings. The number of carbonyl (C=O) groups is 1. The van der Waals surface area contributed by atoms with Gasteiger partial charge in [0.2, 0.25) is 5.91 Å². The maximum absolute atomic E-state index is 12.7. The maximum Gasteiger partial charge on any atom is 0.227 e. The van der Waals surface area contributed by atoms with E-state index in [9.17, 15) is 4.79 Å². The first-order valence-corrected chi connectivity index (χ1v) is 9.45. The van der Waals surface area contributed by atoms with Gasteiger partial charge in [-0.15, -0.1) is 6.58 Å². The van der Waals surface area contributed by atoms with Crippen molar-refractivity contribution >= 4 is 5.91 Å². The van der Waals surface area contributed by atoms with E-state index in [1.807, 2.05) is 6.08 Å². The molecule has 0 aliphatic carbocycles. The van der Waals surface area contributed by atoms with Crippen molar-refractivity contribution in [2.45, 2.75) is 45.2 Å². The summed E-state index contributed by atoms with van der Waals surface area (Å²) in [6, 6.07) is 6.80. The maximum atomic E-state index is 12.7. The second kappa shape index (κ2) is 8.05. The molecule has 2 atom stereocenters. The number of piperidine rings is 1. The fourth-order valence-corrected chi connectivity index (χ4v) is 4.30. The summed E-state index contributed by atoms with van der Waals surface area (Å²) in [6.45, 7) is 9.68. The first-order valence-electron chi connectivity index (χ1n) is 9.45. The van der Waals surface area contributed by atoms with E-state index >= 15 is 0 Å². The van der Waals surface area contributed by atoms with Crippen LogP contribution in [-0.4, -0.2) is 48.5 Å². The lowest BCUT2D eigenvalue weighted by atomic mass is 9.94. The Morgan fingerprint density at radius 3 is 2.88 bits per heavy atom. The molecule has 3 aliphatic rings. The molecule has 0 unspecified atom stereocenters. The molecule has 3 heterocycles. The SMILES string of the molecule is C=CCc1cc(CN2C[C@H]3CC[C@@H](C2)N(CCC)C3=O)ccc1OC. The van der Waals surface area contributed by atoms with E-state index in [0.29, 0.717) is 11.9 Å². The Hall–Kier alpha value is -1.81. The van der Waals surface area contributed by atoms with Gasteiger partial charge in [0.05, 0.1) is 13.0 Å². The Morgan fingerprint density at radius 2 is 2.16 bits per heavy atom. The molecule has 2 bridgehead atoms. The third kappa shape index (κ3) is 3.90. The average Bonchev–Trinajstić information content (AvgIpc) is 2.87. The second-order valence-corrected chi connectivity index (χ2v) is 7.29. The fraction of sp³-hybridized carbons (Fsp3) is 0.571. The third-order valence-electron chi connectivity index (χ3n) is 5.45. The van der Waals surface area contributed by atoms with Gasteiger partial charge in [0, 0.05) is 32.2 Å². The monoisotopic (exact) mass is 342 g/mol. The number of hydrogen-bond donors (Lipinski definition) is 0. The molecule has 1 aromatic carbocycles. The molecule has 4 rings (SSSR count). The normalized spacial score (nSPS) is 23.6. The van der Waals surface area contributed by atoms with Gasteiger partial charge >= 0.3 is 0 Å². The van der Waals surface area contributed by atoms with Crippen LogP contribution in [0.4, 0.5) is 0 Å². The lowest BCUT2D eigenvalue weighted by Crippen LogP contribution is -2.48.